The molecule has 0 aliphatic rings. The highest BCUT2D eigenvalue weighted by atomic mass is 35.5. The van der Waals surface area contributed by atoms with Crippen LogP contribution in [0, 0.1) is 13.8 Å². The summed E-state index contributed by atoms with van der Waals surface area (Å²) in [4.78, 5) is 26.9. The molecule has 29 heavy (non-hydrogen) atoms. The number of aryl methyl sites for hydroxylation is 2. The van der Waals surface area contributed by atoms with Crippen LogP contribution in [0.25, 0.3) is 0 Å². The minimum Gasteiger partial charge on any atom is -0.483 e. The van der Waals surface area contributed by atoms with Crippen LogP contribution in [-0.4, -0.2) is 36.4 Å². The molecule has 0 bridgehead atoms. The number of nitrogens with one attached hydrogen (secondary N) is 1. The van der Waals surface area contributed by atoms with Gasteiger partial charge in [-0.2, -0.15) is 0 Å². The van der Waals surface area contributed by atoms with Crippen LogP contribution in [0.1, 0.15) is 30.0 Å². The molecule has 1 atom stereocenters. The summed E-state index contributed by atoms with van der Waals surface area (Å²) in [7, 11) is 1.55. The van der Waals surface area contributed by atoms with Crippen LogP contribution < -0.4 is 10.1 Å². The van der Waals surface area contributed by atoms with Gasteiger partial charge < -0.3 is 15.0 Å². The Balaban J connectivity index is 2.24. The standard InChI is InChI=1S/C22H26Cl2N2O3/c1-5-19(22(28)25-4)26(12-16-8-9-17(23)18(24)11-16)21(27)13-29-20-10-14(2)6-7-15(20)3/h6-11,19H,5,12-13H2,1-4H3,(H,25,28)/t19-/m0/s1. The molecule has 2 amide bonds. The van der Waals surface area contributed by atoms with E-state index in [0.717, 1.165) is 16.7 Å². The molecule has 2 aromatic rings. The minimum absolute atomic E-state index is 0.168. The van der Waals surface area contributed by atoms with Gasteiger partial charge in [-0.15, -0.1) is 0 Å². The van der Waals surface area contributed by atoms with Crippen molar-refractivity contribution >= 4 is 35.0 Å². The summed E-state index contributed by atoms with van der Waals surface area (Å²) >= 11 is 12.1. The van der Waals surface area contributed by atoms with Crippen LogP contribution in [-0.2, 0) is 16.1 Å². The molecule has 7 heteroatoms. The third-order valence-electron chi connectivity index (χ3n) is 4.66. The number of likely N-dealkylation sites (N-methyl/N-ethyl adjacent to an activating group) is 1. The van der Waals surface area contributed by atoms with Gasteiger partial charge in [0, 0.05) is 13.6 Å². The fraction of sp³-hybridized carbons (Fsp3) is 0.364. The molecule has 0 fully saturated rings. The minimum atomic E-state index is -0.621. The van der Waals surface area contributed by atoms with E-state index in [-0.39, 0.29) is 25.0 Å². The predicted molar refractivity (Wildman–Crippen MR) is 117 cm³/mol. The van der Waals surface area contributed by atoms with Gasteiger partial charge in [0.1, 0.15) is 11.8 Å². The number of carbonyl (C=O) groups is 2. The summed E-state index contributed by atoms with van der Waals surface area (Å²) in [5, 5.41) is 3.46. The number of benzene rings is 2. The average Bonchev–Trinajstić information content (AvgIpc) is 2.70. The molecule has 0 heterocycles. The van der Waals surface area contributed by atoms with Crippen molar-refractivity contribution in [2.45, 2.75) is 39.8 Å². The van der Waals surface area contributed by atoms with Crippen LogP contribution >= 0.6 is 23.2 Å². The number of rotatable bonds is 8. The molecular formula is C22H26Cl2N2O3. The monoisotopic (exact) mass is 436 g/mol. The Labute approximate surface area is 181 Å². The zero-order valence-electron chi connectivity index (χ0n) is 17.1. The van der Waals surface area contributed by atoms with E-state index in [1.54, 1.807) is 25.2 Å². The van der Waals surface area contributed by atoms with Crippen LogP contribution in [0.15, 0.2) is 36.4 Å². The number of hydrogen-bond donors (Lipinski definition) is 1. The fourth-order valence-electron chi connectivity index (χ4n) is 3.01. The van der Waals surface area contributed by atoms with Gasteiger partial charge in [0.05, 0.1) is 10.0 Å². The maximum absolute atomic E-state index is 13.1. The second-order valence-corrected chi connectivity index (χ2v) is 7.68. The summed E-state index contributed by atoms with van der Waals surface area (Å²) in [6.45, 7) is 5.80. The van der Waals surface area contributed by atoms with Crippen molar-refractivity contribution in [2.24, 2.45) is 0 Å². The summed E-state index contributed by atoms with van der Waals surface area (Å²) < 4.78 is 5.78. The van der Waals surface area contributed by atoms with Crippen LogP contribution in [0.5, 0.6) is 5.75 Å². The summed E-state index contributed by atoms with van der Waals surface area (Å²) in [6, 6.07) is 10.4. The van der Waals surface area contributed by atoms with Gasteiger partial charge in [0.15, 0.2) is 6.61 Å². The van der Waals surface area contributed by atoms with Crippen LogP contribution in [0.4, 0.5) is 0 Å². The number of ether oxygens (including phenoxy) is 1. The Kier molecular flexibility index (Phi) is 8.35. The SMILES string of the molecule is CC[C@@H](C(=O)NC)N(Cc1ccc(Cl)c(Cl)c1)C(=O)COc1cc(C)ccc1C. The first kappa shape index (κ1) is 23.0. The number of halogens is 2. The number of carbonyl (C=O) groups excluding carboxylic acids is 2. The van der Waals surface area contributed by atoms with Crippen molar-refractivity contribution in [3.8, 4) is 5.75 Å². The maximum atomic E-state index is 13.1. The molecular weight excluding hydrogens is 411 g/mol. The molecule has 0 saturated carbocycles. The van der Waals surface area contributed by atoms with Crippen molar-refractivity contribution in [1.29, 1.82) is 0 Å². The number of nitrogens with zero attached hydrogens (tertiary/aromatic N) is 1. The fourth-order valence-corrected chi connectivity index (χ4v) is 3.33. The average molecular weight is 437 g/mol. The van der Waals surface area contributed by atoms with E-state index in [4.69, 9.17) is 27.9 Å². The molecule has 2 rings (SSSR count). The van der Waals surface area contributed by atoms with Crippen LogP contribution in [0.2, 0.25) is 10.0 Å². The van der Waals surface area contributed by atoms with E-state index in [2.05, 4.69) is 5.32 Å². The van der Waals surface area contributed by atoms with E-state index in [9.17, 15) is 9.59 Å². The topological polar surface area (TPSA) is 58.6 Å². The third kappa shape index (κ3) is 6.12. The quantitative estimate of drug-likeness (QED) is 0.660. The first-order valence-corrected chi connectivity index (χ1v) is 10.2. The zero-order chi connectivity index (χ0) is 21.6. The highest BCUT2D eigenvalue weighted by Gasteiger charge is 2.28. The largest absolute Gasteiger partial charge is 0.483 e. The molecule has 156 valence electrons. The lowest BCUT2D eigenvalue weighted by molar-refractivity contribution is -0.142. The maximum Gasteiger partial charge on any atom is 0.261 e. The van der Waals surface area contributed by atoms with Crippen molar-refractivity contribution < 1.29 is 14.3 Å². The molecule has 0 aliphatic carbocycles. The first-order valence-electron chi connectivity index (χ1n) is 9.41. The molecule has 2 aromatic carbocycles. The van der Waals surface area contributed by atoms with Crippen molar-refractivity contribution in [3.05, 3.63) is 63.1 Å². The number of hydrogen-bond acceptors (Lipinski definition) is 3. The Hall–Kier alpha value is -2.24. The van der Waals surface area contributed by atoms with Crippen molar-refractivity contribution in [1.82, 2.24) is 10.2 Å². The van der Waals surface area contributed by atoms with E-state index in [1.807, 2.05) is 39.0 Å². The van der Waals surface area contributed by atoms with E-state index in [1.165, 1.54) is 4.90 Å². The molecule has 0 aromatic heterocycles. The summed E-state index contributed by atoms with van der Waals surface area (Å²) in [5.74, 6) is 0.140. The summed E-state index contributed by atoms with van der Waals surface area (Å²) in [6.07, 6.45) is 0.468. The van der Waals surface area contributed by atoms with Crippen molar-refractivity contribution in [2.75, 3.05) is 13.7 Å². The van der Waals surface area contributed by atoms with Gasteiger partial charge in [0.25, 0.3) is 5.91 Å². The normalized spacial score (nSPS) is 11.7. The van der Waals surface area contributed by atoms with Gasteiger partial charge in [-0.05, 0) is 55.2 Å². The summed E-state index contributed by atoms with van der Waals surface area (Å²) in [5.41, 5.74) is 2.77. The Bertz CT molecular complexity index is 886. The van der Waals surface area contributed by atoms with Crippen molar-refractivity contribution in [3.63, 3.8) is 0 Å². The second-order valence-electron chi connectivity index (χ2n) is 6.87. The van der Waals surface area contributed by atoms with Gasteiger partial charge >= 0.3 is 0 Å². The lowest BCUT2D eigenvalue weighted by atomic mass is 10.1. The van der Waals surface area contributed by atoms with Crippen LogP contribution in [0.3, 0.4) is 0 Å². The molecule has 1 N–H and O–H groups in total. The molecule has 0 spiro atoms. The predicted octanol–water partition coefficient (Wildman–Crippen LogP) is 4.54. The second kappa shape index (κ2) is 10.5. The Morgan fingerprint density at radius 1 is 1.10 bits per heavy atom. The first-order chi connectivity index (χ1) is 13.8. The Morgan fingerprint density at radius 3 is 2.45 bits per heavy atom. The molecule has 0 saturated heterocycles. The molecule has 0 radical (unpaired) electrons. The Morgan fingerprint density at radius 2 is 1.83 bits per heavy atom. The number of amides is 2. The molecule has 0 unspecified atom stereocenters. The highest BCUT2D eigenvalue weighted by Crippen LogP contribution is 2.24. The smallest absolute Gasteiger partial charge is 0.261 e. The van der Waals surface area contributed by atoms with Gasteiger partial charge in [0.2, 0.25) is 5.91 Å². The van der Waals surface area contributed by atoms with E-state index < -0.39 is 6.04 Å². The lowest BCUT2D eigenvalue weighted by Crippen LogP contribution is -2.49. The zero-order valence-corrected chi connectivity index (χ0v) is 18.6. The lowest BCUT2D eigenvalue weighted by Gasteiger charge is -2.30. The van der Waals surface area contributed by atoms with Gasteiger partial charge in [-0.1, -0.05) is 48.3 Å². The van der Waals surface area contributed by atoms with E-state index >= 15 is 0 Å². The third-order valence-corrected chi connectivity index (χ3v) is 5.40. The molecule has 5 nitrogen and oxygen atoms in total. The molecule has 0 aliphatic heterocycles. The van der Waals surface area contributed by atoms with Gasteiger partial charge in [-0.25, -0.2) is 0 Å². The van der Waals surface area contributed by atoms with Gasteiger partial charge in [-0.3, -0.25) is 9.59 Å². The highest BCUT2D eigenvalue weighted by molar-refractivity contribution is 6.42. The van der Waals surface area contributed by atoms with E-state index in [0.29, 0.717) is 22.2 Å².